The summed E-state index contributed by atoms with van der Waals surface area (Å²) in [7, 11) is 4.51. The van der Waals surface area contributed by atoms with Gasteiger partial charge in [0.25, 0.3) is 0 Å². The van der Waals surface area contributed by atoms with E-state index in [2.05, 4.69) is 66.2 Å². The van der Waals surface area contributed by atoms with Crippen molar-refractivity contribution in [3.8, 4) is 11.5 Å². The standard InChI is InChI=1S/C25H35BrO4.C3H7BrO.CH3B/c1-5-6-7-9-19-15-22(27)24(21-14-18(4)10-11-20(21)17(2)3)23(16-19)30-25(28)29-13-8-12-26;4-2-1-3-5;1-2/h14-16,20-21,27H,2,5-13H2,1,3-4H3;5H,1-3H2;1H3/t20-,21+;;/m0../s1/i;;1D. The van der Waals surface area contributed by atoms with E-state index in [1.165, 1.54) is 5.57 Å². The number of aliphatic hydroxyl groups excluding tert-OH is 1. The lowest BCUT2D eigenvalue weighted by atomic mass is 9.73. The highest BCUT2D eigenvalue weighted by Gasteiger charge is 2.31. The van der Waals surface area contributed by atoms with Crippen molar-refractivity contribution < 1.29 is 25.9 Å². The lowest BCUT2D eigenvalue weighted by Crippen LogP contribution is -2.19. The SMILES string of the molecule is C=C(C)[C@@H]1CCC(C)=C[C@H]1c1c(O)cc(CCCCC)cc1OC(=O)OCCCBr.OCCCBr.[2H]C[B]. The number of phenolic OH excluding ortho intramolecular Hbond substituents is 1. The summed E-state index contributed by atoms with van der Waals surface area (Å²) in [6, 6.07) is 3.71. The minimum Gasteiger partial charge on any atom is -0.507 e. The number of aromatic hydroxyl groups is 1. The Morgan fingerprint density at radius 1 is 1.24 bits per heavy atom. The Hall–Kier alpha value is -1.25. The van der Waals surface area contributed by atoms with Crippen LogP contribution in [0.1, 0.15) is 84.1 Å². The molecule has 2 rings (SSSR count). The molecular weight excluding hydrogens is 599 g/mol. The van der Waals surface area contributed by atoms with E-state index >= 15 is 0 Å². The van der Waals surface area contributed by atoms with Crippen molar-refractivity contribution in [2.45, 2.75) is 84.9 Å². The molecule has 2 atom stereocenters. The summed E-state index contributed by atoms with van der Waals surface area (Å²) in [5, 5.41) is 20.7. The van der Waals surface area contributed by atoms with Crippen LogP contribution in [0.15, 0.2) is 35.9 Å². The van der Waals surface area contributed by atoms with Gasteiger partial charge in [0.05, 0.1) is 14.5 Å². The van der Waals surface area contributed by atoms with Gasteiger partial charge in [0.2, 0.25) is 0 Å². The van der Waals surface area contributed by atoms with E-state index in [-0.39, 0.29) is 24.4 Å². The molecule has 0 aliphatic heterocycles. The second-order valence-electron chi connectivity index (χ2n) is 9.02. The summed E-state index contributed by atoms with van der Waals surface area (Å²) in [5.74, 6) is 0.686. The van der Waals surface area contributed by atoms with E-state index in [9.17, 15) is 9.90 Å². The number of aryl methyl sites for hydroxylation is 1. The Morgan fingerprint density at radius 3 is 2.46 bits per heavy atom. The Bertz CT molecular complexity index is 849. The molecule has 0 heterocycles. The van der Waals surface area contributed by atoms with Crippen molar-refractivity contribution in [2.75, 3.05) is 23.9 Å². The van der Waals surface area contributed by atoms with Crippen LogP contribution in [-0.4, -0.2) is 48.1 Å². The first kappa shape index (κ1) is 33.8. The summed E-state index contributed by atoms with van der Waals surface area (Å²) >= 11 is 6.47. The molecule has 8 heteroatoms. The number of carbonyl (C=O) groups is 1. The van der Waals surface area contributed by atoms with Gasteiger partial charge in [-0.2, -0.15) is 0 Å². The fraction of sp³-hybridized carbons (Fsp3) is 0.621. The lowest BCUT2D eigenvalue weighted by Gasteiger charge is -2.32. The summed E-state index contributed by atoms with van der Waals surface area (Å²) in [6.07, 6.45) is 9.11. The van der Waals surface area contributed by atoms with Crippen molar-refractivity contribution in [1.29, 1.82) is 0 Å². The molecule has 1 aromatic rings. The maximum absolute atomic E-state index is 12.3. The number of halogens is 2. The molecule has 2 N–H and O–H groups in total. The number of phenols is 1. The van der Waals surface area contributed by atoms with Gasteiger partial charge in [0.15, 0.2) is 0 Å². The first-order valence-electron chi connectivity index (χ1n) is 13.7. The number of hydrogen-bond acceptors (Lipinski definition) is 5. The number of unbranched alkanes of at least 4 members (excludes halogenated alkanes) is 2. The van der Waals surface area contributed by atoms with Crippen LogP contribution in [0.5, 0.6) is 11.5 Å². The molecule has 2 radical (unpaired) electrons. The van der Waals surface area contributed by atoms with Crippen molar-refractivity contribution in [2.24, 2.45) is 5.92 Å². The van der Waals surface area contributed by atoms with Crippen molar-refractivity contribution in [3.05, 3.63) is 47.1 Å². The molecule has 0 saturated carbocycles. The molecule has 0 fully saturated rings. The molecule has 0 spiro atoms. The zero-order valence-corrected chi connectivity index (χ0v) is 25.9. The van der Waals surface area contributed by atoms with Crippen LogP contribution in [-0.2, 0) is 11.2 Å². The number of ether oxygens (including phenoxy) is 2. The Kier molecular flexibility index (Phi) is 19.8. The Morgan fingerprint density at radius 2 is 1.92 bits per heavy atom. The second-order valence-corrected chi connectivity index (χ2v) is 10.6. The third kappa shape index (κ3) is 13.9. The minimum absolute atomic E-state index is 0. The highest BCUT2D eigenvalue weighted by molar-refractivity contribution is 9.09. The quantitative estimate of drug-likeness (QED) is 0.0597. The summed E-state index contributed by atoms with van der Waals surface area (Å²) in [5.41, 5.74) is 3.96. The highest BCUT2D eigenvalue weighted by atomic mass is 79.9. The molecule has 1 aliphatic rings. The highest BCUT2D eigenvalue weighted by Crippen LogP contribution is 2.47. The van der Waals surface area contributed by atoms with Gasteiger partial charge in [-0.3, -0.25) is 0 Å². The average Bonchev–Trinajstić information content (AvgIpc) is 2.85. The fourth-order valence-corrected chi connectivity index (χ4v) is 4.59. The Balaban J connectivity index is 0.00000150. The van der Waals surface area contributed by atoms with Crippen molar-refractivity contribution >= 4 is 45.9 Å². The Labute approximate surface area is 244 Å². The average molecular weight is 645 g/mol. The van der Waals surface area contributed by atoms with Crippen molar-refractivity contribution in [3.63, 3.8) is 0 Å². The lowest BCUT2D eigenvalue weighted by molar-refractivity contribution is 0.0988. The van der Waals surface area contributed by atoms with E-state index in [1.54, 1.807) is 0 Å². The number of benzene rings is 1. The summed E-state index contributed by atoms with van der Waals surface area (Å²) in [6.45, 7) is 11.0. The van der Waals surface area contributed by atoms with Crippen LogP contribution in [0.2, 0.25) is 6.80 Å². The van der Waals surface area contributed by atoms with Gasteiger partial charge in [-0.15, -0.1) is 0 Å². The van der Waals surface area contributed by atoms with Crippen LogP contribution in [0.25, 0.3) is 0 Å². The molecule has 5 nitrogen and oxygen atoms in total. The number of rotatable bonds is 12. The first-order valence-corrected chi connectivity index (χ1v) is 15.2. The summed E-state index contributed by atoms with van der Waals surface area (Å²) < 4.78 is 16.8. The summed E-state index contributed by atoms with van der Waals surface area (Å²) in [4.78, 5) is 12.3. The van der Waals surface area contributed by atoms with Gasteiger partial charge in [0.1, 0.15) is 11.5 Å². The molecule has 1 aliphatic carbocycles. The number of allylic oxidation sites excluding steroid dienone is 3. The van der Waals surface area contributed by atoms with E-state index in [0.29, 0.717) is 30.9 Å². The molecule has 0 amide bonds. The van der Waals surface area contributed by atoms with Crippen LogP contribution in [0, 0.1) is 5.92 Å². The van der Waals surface area contributed by atoms with E-state index in [0.717, 1.165) is 66.7 Å². The predicted molar refractivity (Wildman–Crippen MR) is 163 cm³/mol. The second kappa shape index (κ2) is 21.7. The topological polar surface area (TPSA) is 76.0 Å². The van der Waals surface area contributed by atoms with Crippen LogP contribution < -0.4 is 4.74 Å². The molecule has 208 valence electrons. The first-order chi connectivity index (χ1) is 18.2. The largest absolute Gasteiger partial charge is 0.513 e. The number of aliphatic hydroxyl groups is 1. The number of hydrogen-bond donors (Lipinski definition) is 2. The molecular formula is C29H45BBr2O5. The van der Waals surface area contributed by atoms with Gasteiger partial charge in [-0.05, 0) is 76.0 Å². The van der Waals surface area contributed by atoms with Gasteiger partial charge in [0, 0.05) is 30.1 Å². The normalized spacial score (nSPS) is 16.7. The molecule has 0 saturated heterocycles. The van der Waals surface area contributed by atoms with E-state index in [1.807, 2.05) is 19.1 Å². The third-order valence-corrected chi connectivity index (χ3v) is 7.07. The third-order valence-electron chi connectivity index (χ3n) is 5.95. The molecule has 37 heavy (non-hydrogen) atoms. The molecule has 1 aromatic carbocycles. The maximum Gasteiger partial charge on any atom is 0.513 e. The van der Waals surface area contributed by atoms with Crippen LogP contribution >= 0.6 is 31.9 Å². The molecule has 0 bridgehead atoms. The van der Waals surface area contributed by atoms with Gasteiger partial charge >= 0.3 is 6.16 Å². The number of alkyl halides is 2. The zero-order chi connectivity index (χ0) is 28.9. The predicted octanol–water partition coefficient (Wildman–Crippen LogP) is 8.41. The van der Waals surface area contributed by atoms with Crippen molar-refractivity contribution in [1.82, 2.24) is 0 Å². The van der Waals surface area contributed by atoms with Crippen LogP contribution in [0.4, 0.5) is 4.79 Å². The van der Waals surface area contributed by atoms with E-state index in [4.69, 9.17) is 16.0 Å². The fourth-order valence-electron chi connectivity index (χ4n) is 4.11. The minimum atomic E-state index is -0.731. The van der Waals surface area contributed by atoms with Gasteiger partial charge in [-0.25, -0.2) is 4.79 Å². The number of carbonyl (C=O) groups excluding carboxylic acids is 1. The maximum atomic E-state index is 12.3. The van der Waals surface area contributed by atoms with E-state index < -0.39 is 6.16 Å². The zero-order valence-electron chi connectivity index (χ0n) is 23.7. The smallest absolute Gasteiger partial charge is 0.507 e. The van der Waals surface area contributed by atoms with Crippen LogP contribution in [0.3, 0.4) is 0 Å². The monoisotopic (exact) mass is 643 g/mol. The molecule has 0 aromatic heterocycles. The van der Waals surface area contributed by atoms with Gasteiger partial charge in [-0.1, -0.05) is 82.2 Å². The molecule has 0 unspecified atom stereocenters. The van der Waals surface area contributed by atoms with Gasteiger partial charge < -0.3 is 19.7 Å².